The number of halogens is 6. The number of hydrogen-bond donors (Lipinski definition) is 0. The fourth-order valence-corrected chi connectivity index (χ4v) is 36.8. The van der Waals surface area contributed by atoms with Crippen LogP contribution in [-0.2, 0) is 13.1 Å². The predicted octanol–water partition coefficient (Wildman–Crippen LogP) is 35.9. The Bertz CT molecular complexity index is 5560. The van der Waals surface area contributed by atoms with Crippen molar-refractivity contribution in [2.45, 2.75) is 302 Å². The molecule has 0 radical (unpaired) electrons. The maximum absolute atomic E-state index is 16.5. The zero-order valence-electron chi connectivity index (χ0n) is 76.6. The normalized spacial score (nSPS) is 12.1. The van der Waals surface area contributed by atoms with E-state index in [9.17, 15) is 0 Å². The first kappa shape index (κ1) is 101. The number of nitrogens with zero attached hydrogens (tertiary/aromatic N) is 6. The third-order valence-corrected chi connectivity index (χ3v) is 52.7. The van der Waals surface area contributed by atoms with Crippen LogP contribution in [0, 0.1) is 37.1 Å². The van der Waals surface area contributed by atoms with Crippen LogP contribution < -0.4 is 24.7 Å². The Balaban J connectivity index is 0.000000188. The van der Waals surface area contributed by atoms with Crippen molar-refractivity contribution >= 4 is 228 Å². The molecule has 0 fully saturated rings. The van der Waals surface area contributed by atoms with Crippen molar-refractivity contribution in [2.24, 2.45) is 0 Å². The molecule has 0 N–H and O–H groups in total. The molecule has 0 bridgehead atoms. The fraction of sp³-hybridized carbons (Fsp3) is 0.520. The van der Waals surface area contributed by atoms with Gasteiger partial charge in [-0.15, -0.1) is 68.0 Å². The van der Waals surface area contributed by atoms with Crippen LogP contribution in [0.2, 0.25) is 29.6 Å². The van der Waals surface area contributed by atoms with Crippen LogP contribution in [0.4, 0.5) is 17.6 Å². The molecule has 682 valence electrons. The van der Waals surface area contributed by atoms with Gasteiger partial charge in [0.15, 0.2) is 23.3 Å². The zero-order chi connectivity index (χ0) is 89.6. The Morgan fingerprint density at radius 3 is 0.865 bits per heavy atom. The van der Waals surface area contributed by atoms with Crippen LogP contribution >= 0.6 is 123 Å². The first-order valence-corrected chi connectivity index (χ1v) is 74.4. The minimum atomic E-state index is -2.12. The van der Waals surface area contributed by atoms with Gasteiger partial charge >= 0.3 is 162 Å². The van der Waals surface area contributed by atoms with Crippen molar-refractivity contribution in [1.82, 2.24) is 30.0 Å². The molecule has 0 aliphatic rings. The van der Waals surface area contributed by atoms with E-state index in [0.29, 0.717) is 54.7 Å². The fourth-order valence-electron chi connectivity index (χ4n) is 16.9. The Labute approximate surface area is 803 Å². The molecule has 10 nitrogen and oxygen atoms in total. The van der Waals surface area contributed by atoms with Crippen LogP contribution in [0.25, 0.3) is 114 Å². The number of ether oxygens (including phenoxy) is 4. The third kappa shape index (κ3) is 25.8. The van der Waals surface area contributed by atoms with Crippen LogP contribution in [0.5, 0.6) is 23.0 Å². The van der Waals surface area contributed by atoms with E-state index in [4.69, 9.17) is 39.3 Å². The van der Waals surface area contributed by atoms with E-state index >= 15 is 17.6 Å². The quantitative estimate of drug-likeness (QED) is 0.0211. The molecule has 26 heteroatoms. The molecule has 10 heterocycles. The summed E-state index contributed by atoms with van der Waals surface area (Å²) in [7, 11) is 7.01. The number of fused-ring (bicyclic) bond motifs is 6. The van der Waals surface area contributed by atoms with Gasteiger partial charge in [-0.3, -0.25) is 0 Å². The van der Waals surface area contributed by atoms with Gasteiger partial charge < -0.3 is 9.47 Å². The number of unbranched alkanes of at least 4 members (excludes halogenated alkanes) is 34. The molecule has 14 aromatic rings. The second-order valence-corrected chi connectivity index (χ2v) is 78.4. The predicted molar refractivity (Wildman–Crippen MR) is 556 cm³/mol. The summed E-state index contributed by atoms with van der Waals surface area (Å²) in [5.74, 6) is 0.237. The summed E-state index contributed by atoms with van der Waals surface area (Å²) in [5, 5.41) is 23.6. The van der Waals surface area contributed by atoms with Crippen molar-refractivity contribution in [1.29, 1.82) is 0 Å². The van der Waals surface area contributed by atoms with Gasteiger partial charge in [-0.1, -0.05) is 232 Å². The van der Waals surface area contributed by atoms with E-state index in [1.807, 2.05) is 66.0 Å². The Hall–Kier alpha value is -4.20. The third-order valence-electron chi connectivity index (χ3n) is 23.8. The second kappa shape index (κ2) is 49.2. The van der Waals surface area contributed by atoms with E-state index in [1.54, 1.807) is 78.6 Å². The second-order valence-electron chi connectivity index (χ2n) is 35.8. The van der Waals surface area contributed by atoms with Gasteiger partial charge in [0.2, 0.25) is 0 Å². The average molecular weight is 2210 g/mol. The van der Waals surface area contributed by atoms with Crippen LogP contribution in [0.1, 0.15) is 255 Å². The molecule has 0 atom stereocenters. The molecule has 0 aliphatic carbocycles. The van der Waals surface area contributed by atoms with Crippen LogP contribution in [0.15, 0.2) is 80.4 Å². The van der Waals surface area contributed by atoms with Crippen LogP contribution in [-0.4, -0.2) is 95.2 Å². The molecular formula is C100H130Br2F4N6O4S8Sn2. The Morgan fingerprint density at radius 2 is 0.563 bits per heavy atom. The summed E-state index contributed by atoms with van der Waals surface area (Å²) in [4.78, 5) is 24.8. The van der Waals surface area contributed by atoms with E-state index < -0.39 is 60.0 Å². The van der Waals surface area contributed by atoms with Gasteiger partial charge in [0.1, 0.15) is 33.6 Å². The number of aryl methyl sites for hydroxylation is 4. The molecule has 10 aromatic heterocycles. The number of benzene rings is 4. The summed E-state index contributed by atoms with van der Waals surface area (Å²) < 4.78 is 97.0. The summed E-state index contributed by atoms with van der Waals surface area (Å²) in [6, 6.07) is 24.0. The standard InChI is InChI=1S/C48H59F2N3O2S4.C34H45Br2F2N3S2.C12H8O2S2.6CH3.2Sn/c1-6-7-8-9-10-11-12-13-14-15-16-17-18-19-20-21-22-23-28-53-51-43-39(36-25-24-31(2)56-36)41(49)42(50)40(44(43)52-53)37-27-26-35(58-37)38-30-34-46(55-5)47-33(29-32(3)57-47)45(54-4)48(34)59-38;1-2-3-4-5-6-7-8-9-10-11-12-13-14-15-16-17-18-19-24-41-39-33-29(25-20-22-27(35)42-25)31(37)32(38)30(34(33)40-41)26-21-23-28(36)43-26;1-13-9-7-3-5-16-12(7)10(14-2)8-4-6-15-11(8)9;;;;;;;;/h24-27,29-30H,6-23,28H2,1-5H3;20-23H,2-19,24H2,1H3;3-4H,1-2H3;6*1H3;;. The zero-order valence-corrected chi connectivity index (χ0v) is 92.1. The molecule has 0 amide bonds. The number of rotatable bonds is 49. The van der Waals surface area contributed by atoms with E-state index in [2.05, 4.69) is 107 Å². The number of aromatic nitrogens is 6. The average Bonchev–Trinajstić information content (AvgIpc) is 1.56. The molecule has 0 unspecified atom stereocenters. The molecule has 0 aliphatic heterocycles. The van der Waals surface area contributed by atoms with Gasteiger partial charge in [0.05, 0.1) is 66.5 Å². The van der Waals surface area contributed by atoms with Crippen molar-refractivity contribution in [3.63, 3.8) is 0 Å². The van der Waals surface area contributed by atoms with Gasteiger partial charge in [-0.05, 0) is 119 Å². The van der Waals surface area contributed by atoms with Gasteiger partial charge in [-0.25, -0.2) is 17.6 Å². The monoisotopic (exact) mass is 2210 g/mol. The molecule has 4 aromatic carbocycles. The minimum absolute atomic E-state index is 0.169. The summed E-state index contributed by atoms with van der Waals surface area (Å²) in [6.07, 6.45) is 47.7. The van der Waals surface area contributed by atoms with Crippen LogP contribution in [0.3, 0.4) is 0 Å². The molecular weight excluding hydrogens is 2080 g/mol. The van der Waals surface area contributed by atoms with Gasteiger partial charge in [0, 0.05) is 49.8 Å². The molecule has 0 saturated heterocycles. The Morgan fingerprint density at radius 1 is 0.294 bits per heavy atom. The van der Waals surface area contributed by atoms with E-state index in [-0.39, 0.29) is 22.3 Å². The maximum atomic E-state index is 16.5. The van der Waals surface area contributed by atoms with E-state index in [0.717, 1.165) is 91.1 Å². The first-order valence-electron chi connectivity index (χ1n) is 46.3. The van der Waals surface area contributed by atoms with E-state index in [1.165, 1.54) is 276 Å². The molecule has 0 saturated carbocycles. The van der Waals surface area contributed by atoms with Crippen molar-refractivity contribution in [3.8, 4) is 74.5 Å². The first-order chi connectivity index (χ1) is 60.9. The van der Waals surface area contributed by atoms with Gasteiger partial charge in [0.25, 0.3) is 0 Å². The molecule has 14 rings (SSSR count). The Kier molecular flexibility index (Phi) is 39.3. The number of thiophene rings is 8. The summed E-state index contributed by atoms with van der Waals surface area (Å²) in [5.41, 5.74) is 2.37. The SMILES string of the molecule is CCCCCCCCCCCCCCCCCCCCn1nc2c(-c3ccc(Br)s3)c(F)c(F)c(-c3ccc(Br)s3)c2n1.CCCCCCCCCCCCCCCCCCCCn1nc2c(-c3ccc(C)s3)c(F)c(F)c(-c3ccc(-c4cc5c(OC)c6sc(C)cc6c(OC)c5s4)s3)c2n1.COc1c2c[c]([Sn]([CH3])([CH3])[CH3])sc2c(OC)c2c[c]([Sn]([CH3])([CH3])[CH3])sc12. The van der Waals surface area contributed by atoms with Crippen molar-refractivity contribution in [2.75, 3.05) is 28.4 Å². The summed E-state index contributed by atoms with van der Waals surface area (Å²) >= 11 is 15.4. The van der Waals surface area contributed by atoms with Crippen molar-refractivity contribution < 1.29 is 36.5 Å². The van der Waals surface area contributed by atoms with Gasteiger partial charge in [-0.2, -0.15) is 30.0 Å². The summed E-state index contributed by atoms with van der Waals surface area (Å²) in [6.45, 7) is 9.87. The topological polar surface area (TPSA) is 98.3 Å². The van der Waals surface area contributed by atoms with Crippen molar-refractivity contribution in [3.05, 3.63) is 113 Å². The molecule has 0 spiro atoms. The molecule has 126 heavy (non-hydrogen) atoms. The number of methoxy groups -OCH3 is 4. The number of hydrogen-bond acceptors (Lipinski definition) is 16.